The van der Waals surface area contributed by atoms with Crippen LogP contribution in [0.3, 0.4) is 0 Å². The summed E-state index contributed by atoms with van der Waals surface area (Å²) < 4.78 is 21.3. The Kier molecular flexibility index (Phi) is 5.28. The minimum Gasteiger partial charge on any atom is -0.493 e. The smallest absolute Gasteiger partial charge is 0.231 e. The van der Waals surface area contributed by atoms with E-state index in [4.69, 9.17) is 18.9 Å². The SMILES string of the molecule is COc1cccc(CCC(=O)NCc2ccc3c(c2)OCO3)c1OC. The molecule has 1 amide bonds. The second-order valence-electron chi connectivity index (χ2n) is 5.62. The van der Waals surface area contributed by atoms with Gasteiger partial charge >= 0.3 is 0 Å². The topological polar surface area (TPSA) is 66.0 Å². The predicted molar refractivity (Wildman–Crippen MR) is 92.3 cm³/mol. The van der Waals surface area contributed by atoms with E-state index in [-0.39, 0.29) is 12.7 Å². The lowest BCUT2D eigenvalue weighted by molar-refractivity contribution is -0.121. The van der Waals surface area contributed by atoms with Crippen molar-refractivity contribution in [3.63, 3.8) is 0 Å². The van der Waals surface area contributed by atoms with Crippen molar-refractivity contribution in [2.45, 2.75) is 19.4 Å². The van der Waals surface area contributed by atoms with Gasteiger partial charge in [0, 0.05) is 13.0 Å². The molecule has 1 aliphatic rings. The van der Waals surface area contributed by atoms with Gasteiger partial charge in [0.15, 0.2) is 23.0 Å². The summed E-state index contributed by atoms with van der Waals surface area (Å²) in [4.78, 5) is 12.1. The molecule has 3 rings (SSSR count). The van der Waals surface area contributed by atoms with Crippen LogP contribution >= 0.6 is 0 Å². The lowest BCUT2D eigenvalue weighted by Crippen LogP contribution is -2.23. The van der Waals surface area contributed by atoms with Gasteiger partial charge in [-0.25, -0.2) is 0 Å². The first-order chi connectivity index (χ1) is 12.2. The molecule has 0 spiro atoms. The molecule has 6 heteroatoms. The minimum atomic E-state index is -0.0254. The Hall–Kier alpha value is -2.89. The van der Waals surface area contributed by atoms with Crippen molar-refractivity contribution < 1.29 is 23.7 Å². The van der Waals surface area contributed by atoms with Gasteiger partial charge < -0.3 is 24.3 Å². The normalized spacial score (nSPS) is 11.9. The van der Waals surface area contributed by atoms with Gasteiger partial charge in [-0.3, -0.25) is 4.79 Å². The number of amides is 1. The molecule has 1 aliphatic heterocycles. The van der Waals surface area contributed by atoms with Crippen LogP contribution in [-0.4, -0.2) is 26.9 Å². The number of nitrogens with one attached hydrogen (secondary N) is 1. The van der Waals surface area contributed by atoms with E-state index in [0.717, 1.165) is 16.9 Å². The summed E-state index contributed by atoms with van der Waals surface area (Å²) in [6, 6.07) is 11.3. The number of hydrogen-bond acceptors (Lipinski definition) is 5. The van der Waals surface area contributed by atoms with Crippen LogP contribution in [0.25, 0.3) is 0 Å². The number of carbonyl (C=O) groups excluding carboxylic acids is 1. The molecule has 25 heavy (non-hydrogen) atoms. The van der Waals surface area contributed by atoms with E-state index in [9.17, 15) is 4.79 Å². The fraction of sp³-hybridized carbons (Fsp3) is 0.316. The molecule has 6 nitrogen and oxygen atoms in total. The number of carbonyl (C=O) groups is 1. The van der Waals surface area contributed by atoms with E-state index >= 15 is 0 Å². The van der Waals surface area contributed by atoms with Crippen LogP contribution in [0, 0.1) is 0 Å². The van der Waals surface area contributed by atoms with Crippen molar-refractivity contribution in [2.75, 3.05) is 21.0 Å². The monoisotopic (exact) mass is 343 g/mol. The number of methoxy groups -OCH3 is 2. The zero-order valence-corrected chi connectivity index (χ0v) is 14.3. The highest BCUT2D eigenvalue weighted by atomic mass is 16.7. The van der Waals surface area contributed by atoms with Gasteiger partial charge in [-0.05, 0) is 35.7 Å². The van der Waals surface area contributed by atoms with Gasteiger partial charge in [0.25, 0.3) is 0 Å². The number of hydrogen-bond donors (Lipinski definition) is 1. The zero-order chi connectivity index (χ0) is 17.6. The standard InChI is InChI=1S/C19H21NO5/c1-22-16-5-3-4-14(19(16)23-2)7-9-18(21)20-11-13-6-8-15-17(10-13)25-12-24-15/h3-6,8,10H,7,9,11-12H2,1-2H3,(H,20,21). The molecule has 2 aromatic rings. The minimum absolute atomic E-state index is 0.0254. The Labute approximate surface area is 146 Å². The van der Waals surface area contributed by atoms with Crippen molar-refractivity contribution in [2.24, 2.45) is 0 Å². The van der Waals surface area contributed by atoms with Crippen molar-refractivity contribution >= 4 is 5.91 Å². The summed E-state index contributed by atoms with van der Waals surface area (Å²) in [5.41, 5.74) is 1.91. The predicted octanol–water partition coefficient (Wildman–Crippen LogP) is 2.68. The van der Waals surface area contributed by atoms with Crippen molar-refractivity contribution in [3.05, 3.63) is 47.5 Å². The van der Waals surface area contributed by atoms with E-state index < -0.39 is 0 Å². The number of para-hydroxylation sites is 1. The molecule has 1 N–H and O–H groups in total. The fourth-order valence-electron chi connectivity index (χ4n) is 2.74. The summed E-state index contributed by atoms with van der Waals surface area (Å²) in [6.07, 6.45) is 0.946. The molecule has 0 atom stereocenters. The summed E-state index contributed by atoms with van der Waals surface area (Å²) in [6.45, 7) is 0.693. The molecule has 0 radical (unpaired) electrons. The Bertz CT molecular complexity index is 759. The highest BCUT2D eigenvalue weighted by Gasteiger charge is 2.14. The average molecular weight is 343 g/mol. The first-order valence-corrected chi connectivity index (χ1v) is 8.06. The second kappa shape index (κ2) is 7.79. The Balaban J connectivity index is 1.53. The first kappa shape index (κ1) is 17.0. The molecule has 132 valence electrons. The molecule has 1 heterocycles. The van der Waals surface area contributed by atoms with E-state index in [0.29, 0.717) is 36.6 Å². The van der Waals surface area contributed by atoms with Gasteiger partial charge in [-0.2, -0.15) is 0 Å². The van der Waals surface area contributed by atoms with E-state index in [1.54, 1.807) is 14.2 Å². The second-order valence-corrected chi connectivity index (χ2v) is 5.62. The van der Waals surface area contributed by atoms with Crippen LogP contribution in [-0.2, 0) is 17.8 Å². The van der Waals surface area contributed by atoms with Crippen LogP contribution in [0.2, 0.25) is 0 Å². The number of rotatable bonds is 7. The third kappa shape index (κ3) is 3.96. The molecule has 0 aliphatic carbocycles. The fourth-order valence-corrected chi connectivity index (χ4v) is 2.74. The van der Waals surface area contributed by atoms with Crippen LogP contribution in [0.1, 0.15) is 17.5 Å². The van der Waals surface area contributed by atoms with Crippen LogP contribution in [0.4, 0.5) is 0 Å². The number of ether oxygens (including phenoxy) is 4. The summed E-state index contributed by atoms with van der Waals surface area (Å²) in [5, 5.41) is 2.92. The molecular weight excluding hydrogens is 322 g/mol. The lowest BCUT2D eigenvalue weighted by atomic mass is 10.1. The third-order valence-electron chi connectivity index (χ3n) is 4.03. The Morgan fingerprint density at radius 2 is 1.96 bits per heavy atom. The molecule has 0 aromatic heterocycles. The van der Waals surface area contributed by atoms with Gasteiger partial charge in [-0.1, -0.05) is 18.2 Å². The highest BCUT2D eigenvalue weighted by Crippen LogP contribution is 2.33. The Morgan fingerprint density at radius 3 is 2.76 bits per heavy atom. The summed E-state index contributed by atoms with van der Waals surface area (Å²) in [7, 11) is 3.20. The van der Waals surface area contributed by atoms with Crippen LogP contribution in [0.15, 0.2) is 36.4 Å². The molecule has 0 saturated heterocycles. The quantitative estimate of drug-likeness (QED) is 0.837. The van der Waals surface area contributed by atoms with Crippen LogP contribution < -0.4 is 24.3 Å². The Morgan fingerprint density at radius 1 is 1.12 bits per heavy atom. The molecule has 0 fully saturated rings. The van der Waals surface area contributed by atoms with Crippen molar-refractivity contribution in [1.82, 2.24) is 5.32 Å². The first-order valence-electron chi connectivity index (χ1n) is 8.06. The zero-order valence-electron chi connectivity index (χ0n) is 14.3. The van der Waals surface area contributed by atoms with Crippen LogP contribution in [0.5, 0.6) is 23.0 Å². The maximum absolute atomic E-state index is 12.1. The summed E-state index contributed by atoms with van der Waals surface area (Å²) in [5.74, 6) is 2.77. The molecule has 0 unspecified atom stereocenters. The molecule has 0 bridgehead atoms. The summed E-state index contributed by atoms with van der Waals surface area (Å²) >= 11 is 0. The molecule has 0 saturated carbocycles. The number of benzene rings is 2. The van der Waals surface area contributed by atoms with Gasteiger partial charge in [-0.15, -0.1) is 0 Å². The number of aryl methyl sites for hydroxylation is 1. The van der Waals surface area contributed by atoms with E-state index in [1.165, 1.54) is 0 Å². The third-order valence-corrected chi connectivity index (χ3v) is 4.03. The van der Waals surface area contributed by atoms with Gasteiger partial charge in [0.1, 0.15) is 0 Å². The van der Waals surface area contributed by atoms with E-state index in [1.807, 2.05) is 36.4 Å². The number of fused-ring (bicyclic) bond motifs is 1. The highest BCUT2D eigenvalue weighted by molar-refractivity contribution is 5.76. The maximum Gasteiger partial charge on any atom is 0.231 e. The molecule has 2 aromatic carbocycles. The lowest BCUT2D eigenvalue weighted by Gasteiger charge is -2.12. The van der Waals surface area contributed by atoms with Gasteiger partial charge in [0.05, 0.1) is 14.2 Å². The van der Waals surface area contributed by atoms with Crippen molar-refractivity contribution in [3.8, 4) is 23.0 Å². The van der Waals surface area contributed by atoms with E-state index in [2.05, 4.69) is 5.32 Å². The largest absolute Gasteiger partial charge is 0.493 e. The van der Waals surface area contributed by atoms with Gasteiger partial charge in [0.2, 0.25) is 12.7 Å². The van der Waals surface area contributed by atoms with Crippen molar-refractivity contribution in [1.29, 1.82) is 0 Å². The maximum atomic E-state index is 12.1. The molecular formula is C19H21NO5. The average Bonchev–Trinajstić information content (AvgIpc) is 3.11.